The number of likely N-dealkylation sites (tertiary alicyclic amines) is 1. The van der Waals surface area contributed by atoms with Crippen LogP contribution in [0.1, 0.15) is 59.3 Å². The maximum absolute atomic E-state index is 12.7. The van der Waals surface area contributed by atoms with E-state index in [2.05, 4.69) is 17.5 Å². The first-order valence-corrected chi connectivity index (χ1v) is 11.2. The van der Waals surface area contributed by atoms with E-state index in [9.17, 15) is 9.59 Å². The molecule has 168 valence electrons. The van der Waals surface area contributed by atoms with Crippen LogP contribution in [-0.4, -0.2) is 41.1 Å². The van der Waals surface area contributed by atoms with Crippen molar-refractivity contribution in [3.05, 3.63) is 47.8 Å². The Morgan fingerprint density at radius 1 is 1.23 bits per heavy atom. The first-order chi connectivity index (χ1) is 14.8. The first-order valence-electron chi connectivity index (χ1n) is 11.2. The van der Waals surface area contributed by atoms with Gasteiger partial charge in [-0.3, -0.25) is 4.79 Å². The first kappa shape index (κ1) is 21.5. The summed E-state index contributed by atoms with van der Waals surface area (Å²) in [7, 11) is 0. The number of carbonyl (C=O) groups excluding carboxylic acids is 2. The zero-order chi connectivity index (χ0) is 22.0. The largest absolute Gasteiger partial charge is 0.462 e. The molecule has 31 heavy (non-hydrogen) atoms. The van der Waals surface area contributed by atoms with Gasteiger partial charge >= 0.3 is 6.09 Å². The van der Waals surface area contributed by atoms with Gasteiger partial charge in [-0.15, -0.1) is 0 Å². The fourth-order valence-electron chi connectivity index (χ4n) is 4.77. The molecule has 7 nitrogen and oxygen atoms in total. The lowest BCUT2D eigenvalue weighted by atomic mass is 9.99. The zero-order valence-corrected chi connectivity index (χ0v) is 18.6. The molecule has 1 saturated carbocycles. The Bertz CT molecular complexity index is 849. The molecule has 2 bridgehead atoms. The van der Waals surface area contributed by atoms with Gasteiger partial charge in [-0.2, -0.15) is 0 Å². The molecule has 3 atom stereocenters. The maximum atomic E-state index is 12.7. The SMILES string of the molecule is CC(C)(C)OC(=O)N1C2CCC(C2)C1CNC(=O)C1=COC(CC2=CC=CCC2)=CO1. The Kier molecular flexibility index (Phi) is 6.12. The van der Waals surface area contributed by atoms with Crippen LogP contribution in [0, 0.1) is 5.92 Å². The highest BCUT2D eigenvalue weighted by Gasteiger charge is 2.49. The van der Waals surface area contributed by atoms with Crippen molar-refractivity contribution >= 4 is 12.0 Å². The second-order valence-corrected chi connectivity index (χ2v) is 9.66. The maximum Gasteiger partial charge on any atom is 0.410 e. The highest BCUT2D eigenvalue weighted by molar-refractivity contribution is 5.91. The third kappa shape index (κ3) is 5.14. The van der Waals surface area contributed by atoms with Crippen LogP contribution < -0.4 is 5.32 Å². The van der Waals surface area contributed by atoms with Gasteiger partial charge in [-0.25, -0.2) is 4.79 Å². The number of fused-ring (bicyclic) bond motifs is 2. The van der Waals surface area contributed by atoms with E-state index in [1.165, 1.54) is 18.1 Å². The average Bonchev–Trinajstić information content (AvgIpc) is 3.33. The Morgan fingerprint density at radius 3 is 2.74 bits per heavy atom. The lowest BCUT2D eigenvalue weighted by Crippen LogP contribution is -2.51. The molecule has 2 aliphatic heterocycles. The van der Waals surface area contributed by atoms with E-state index < -0.39 is 5.60 Å². The molecule has 3 unspecified atom stereocenters. The number of nitrogens with zero attached hydrogens (tertiary/aromatic N) is 1. The van der Waals surface area contributed by atoms with E-state index in [0.29, 0.717) is 24.6 Å². The van der Waals surface area contributed by atoms with Crippen molar-refractivity contribution in [3.63, 3.8) is 0 Å². The van der Waals surface area contributed by atoms with Crippen molar-refractivity contribution in [2.75, 3.05) is 6.54 Å². The number of amides is 2. The van der Waals surface area contributed by atoms with Crippen LogP contribution in [0.4, 0.5) is 4.79 Å². The van der Waals surface area contributed by atoms with E-state index in [4.69, 9.17) is 14.2 Å². The van der Waals surface area contributed by atoms with Crippen LogP contribution in [0.2, 0.25) is 0 Å². The van der Waals surface area contributed by atoms with E-state index in [0.717, 1.165) is 32.1 Å². The van der Waals surface area contributed by atoms with Crippen molar-refractivity contribution in [3.8, 4) is 0 Å². The van der Waals surface area contributed by atoms with Gasteiger partial charge < -0.3 is 24.4 Å². The highest BCUT2D eigenvalue weighted by Crippen LogP contribution is 2.42. The van der Waals surface area contributed by atoms with Crippen molar-refractivity contribution < 1.29 is 23.8 Å². The monoisotopic (exact) mass is 428 g/mol. The summed E-state index contributed by atoms with van der Waals surface area (Å²) in [5, 5.41) is 2.91. The number of nitrogens with one attached hydrogen (secondary N) is 1. The van der Waals surface area contributed by atoms with E-state index >= 15 is 0 Å². The van der Waals surface area contributed by atoms with Gasteiger partial charge in [0.15, 0.2) is 0 Å². The number of carbonyl (C=O) groups is 2. The molecule has 7 heteroatoms. The van der Waals surface area contributed by atoms with Gasteiger partial charge in [0.2, 0.25) is 5.76 Å². The molecule has 0 aromatic carbocycles. The number of allylic oxidation sites excluding steroid dienone is 4. The molecule has 4 aliphatic rings. The summed E-state index contributed by atoms with van der Waals surface area (Å²) in [6.45, 7) is 5.97. The second kappa shape index (κ2) is 8.81. The van der Waals surface area contributed by atoms with Gasteiger partial charge in [-0.1, -0.05) is 23.8 Å². The number of hydrogen-bond acceptors (Lipinski definition) is 5. The molecular formula is C24H32N2O5. The lowest BCUT2D eigenvalue weighted by Gasteiger charge is -2.36. The average molecular weight is 429 g/mol. The van der Waals surface area contributed by atoms with Crippen molar-refractivity contribution in [2.45, 2.75) is 77.0 Å². The topological polar surface area (TPSA) is 77.1 Å². The van der Waals surface area contributed by atoms with Crippen LogP contribution in [-0.2, 0) is 19.0 Å². The number of ether oxygens (including phenoxy) is 3. The molecular weight excluding hydrogens is 396 g/mol. The van der Waals surface area contributed by atoms with Crippen LogP contribution in [0.15, 0.2) is 47.8 Å². The van der Waals surface area contributed by atoms with Gasteiger partial charge in [0, 0.05) is 19.0 Å². The predicted molar refractivity (Wildman–Crippen MR) is 115 cm³/mol. The van der Waals surface area contributed by atoms with Crippen LogP contribution >= 0.6 is 0 Å². The molecule has 0 spiro atoms. The molecule has 2 aliphatic carbocycles. The standard InChI is InChI=1S/C24H32N2O5/c1-24(2,3)31-23(28)26-18-10-9-17(12-18)20(26)13-25-22(27)21-15-29-19(14-30-21)11-16-7-5-4-6-8-16/h4-5,7,14-15,17-18,20H,6,8-13H2,1-3H3,(H,25,27). The lowest BCUT2D eigenvalue weighted by molar-refractivity contribution is -0.120. The van der Waals surface area contributed by atoms with E-state index in [1.807, 2.05) is 31.7 Å². The van der Waals surface area contributed by atoms with Crippen molar-refractivity contribution in [2.24, 2.45) is 5.92 Å². The summed E-state index contributed by atoms with van der Waals surface area (Å²) in [5.74, 6) is 0.845. The van der Waals surface area contributed by atoms with Gasteiger partial charge in [0.1, 0.15) is 23.9 Å². The van der Waals surface area contributed by atoms with Crippen LogP contribution in [0.5, 0.6) is 0 Å². The van der Waals surface area contributed by atoms with E-state index in [-0.39, 0.29) is 29.8 Å². The Balaban J connectivity index is 1.29. The molecule has 1 N–H and O–H groups in total. The van der Waals surface area contributed by atoms with Gasteiger partial charge in [0.05, 0.1) is 6.04 Å². The van der Waals surface area contributed by atoms with Crippen molar-refractivity contribution in [1.29, 1.82) is 0 Å². The molecule has 1 saturated heterocycles. The molecule has 0 aromatic heterocycles. The summed E-state index contributed by atoms with van der Waals surface area (Å²) in [5.41, 5.74) is 0.732. The Labute approximate surface area is 183 Å². The number of piperidine rings is 1. The van der Waals surface area contributed by atoms with Gasteiger partial charge in [0.25, 0.3) is 5.91 Å². The molecule has 2 fully saturated rings. The third-order valence-corrected chi connectivity index (χ3v) is 6.18. The summed E-state index contributed by atoms with van der Waals surface area (Å²) in [4.78, 5) is 27.1. The summed E-state index contributed by atoms with van der Waals surface area (Å²) in [6.07, 6.45) is 14.6. The Hall–Kier alpha value is -2.70. The third-order valence-electron chi connectivity index (χ3n) is 6.18. The summed E-state index contributed by atoms with van der Waals surface area (Å²) >= 11 is 0. The quantitative estimate of drug-likeness (QED) is 0.707. The van der Waals surface area contributed by atoms with E-state index in [1.54, 1.807) is 0 Å². The normalized spacial score (nSPS) is 27.0. The predicted octanol–water partition coefficient (Wildman–Crippen LogP) is 4.29. The molecule has 2 amide bonds. The van der Waals surface area contributed by atoms with Gasteiger partial charge in [-0.05, 0) is 58.8 Å². The minimum absolute atomic E-state index is 0.0555. The molecule has 0 aromatic rings. The fourth-order valence-corrected chi connectivity index (χ4v) is 4.77. The van der Waals surface area contributed by atoms with Crippen LogP contribution in [0.3, 0.4) is 0 Å². The fraction of sp³-hybridized carbons (Fsp3) is 0.583. The number of rotatable bonds is 5. The molecule has 4 rings (SSSR count). The smallest absolute Gasteiger partial charge is 0.410 e. The minimum Gasteiger partial charge on any atom is -0.462 e. The Morgan fingerprint density at radius 2 is 2.06 bits per heavy atom. The minimum atomic E-state index is -0.543. The second-order valence-electron chi connectivity index (χ2n) is 9.66. The molecule has 0 radical (unpaired) electrons. The zero-order valence-electron chi connectivity index (χ0n) is 18.6. The molecule has 2 heterocycles. The van der Waals surface area contributed by atoms with Crippen LogP contribution in [0.25, 0.3) is 0 Å². The number of hydrogen-bond donors (Lipinski definition) is 1. The van der Waals surface area contributed by atoms with Crippen molar-refractivity contribution in [1.82, 2.24) is 10.2 Å². The summed E-state index contributed by atoms with van der Waals surface area (Å²) < 4.78 is 16.7. The highest BCUT2D eigenvalue weighted by atomic mass is 16.6. The summed E-state index contributed by atoms with van der Waals surface area (Å²) in [6, 6.07) is 0.143.